The van der Waals surface area contributed by atoms with Gasteiger partial charge >= 0.3 is 0 Å². The summed E-state index contributed by atoms with van der Waals surface area (Å²) in [6.45, 7) is 0. The third-order valence-corrected chi connectivity index (χ3v) is 4.19. The molecule has 0 aliphatic rings. The lowest BCUT2D eigenvalue weighted by molar-refractivity contribution is 0.395. The predicted octanol–water partition coefficient (Wildman–Crippen LogP) is 3.31. The summed E-state index contributed by atoms with van der Waals surface area (Å²) in [5, 5.41) is 12.3. The minimum Gasteiger partial charge on any atom is -0.144 e. The van der Waals surface area contributed by atoms with Crippen LogP contribution in [0.1, 0.15) is 16.7 Å². The third-order valence-electron chi connectivity index (χ3n) is 4.19. The van der Waals surface area contributed by atoms with Gasteiger partial charge in [0.1, 0.15) is 0 Å². The molecule has 4 aromatic rings. The van der Waals surface area contributed by atoms with Gasteiger partial charge in [-0.2, -0.15) is 0 Å². The van der Waals surface area contributed by atoms with Gasteiger partial charge in [0.25, 0.3) is 0 Å². The molecule has 0 unspecified atom stereocenters. The van der Waals surface area contributed by atoms with Crippen LogP contribution in [0.15, 0.2) is 91.0 Å². The zero-order valence-electron chi connectivity index (χ0n) is 12.9. The summed E-state index contributed by atoms with van der Waals surface area (Å²) in [5.41, 5.74) is 2.49. The largest absolute Gasteiger partial charge is 0.245 e. The van der Waals surface area contributed by atoms with Gasteiger partial charge in [-0.3, -0.25) is 0 Å². The van der Waals surface area contributed by atoms with Crippen molar-refractivity contribution in [2.75, 3.05) is 0 Å². The van der Waals surface area contributed by atoms with Crippen molar-refractivity contribution in [1.82, 2.24) is 20.2 Å². The first-order valence-corrected chi connectivity index (χ1v) is 7.75. The molecule has 1 heterocycles. The number of benzene rings is 3. The Balaban J connectivity index is 2.12. The van der Waals surface area contributed by atoms with Gasteiger partial charge in [-0.1, -0.05) is 91.0 Å². The molecule has 4 heteroatoms. The third kappa shape index (κ3) is 2.20. The van der Waals surface area contributed by atoms with Crippen molar-refractivity contribution in [3.63, 3.8) is 0 Å². The molecule has 0 spiro atoms. The van der Waals surface area contributed by atoms with E-state index in [9.17, 15) is 0 Å². The molecule has 1 radical (unpaired) electrons. The Kier molecular flexibility index (Phi) is 3.63. The maximum absolute atomic E-state index is 4.29. The van der Waals surface area contributed by atoms with Crippen LogP contribution in [0.5, 0.6) is 0 Å². The highest BCUT2D eigenvalue weighted by atomic mass is 15.6. The van der Waals surface area contributed by atoms with Crippen molar-refractivity contribution < 1.29 is 0 Å². The number of hydrogen-bond donors (Lipinski definition) is 0. The minimum absolute atomic E-state index is 0.698. The predicted molar refractivity (Wildman–Crippen MR) is 91.3 cm³/mol. The van der Waals surface area contributed by atoms with Gasteiger partial charge in [0.15, 0.2) is 5.54 Å². The van der Waals surface area contributed by atoms with E-state index in [0.717, 1.165) is 16.7 Å². The lowest BCUT2D eigenvalue weighted by Crippen LogP contribution is -2.39. The molecule has 115 valence electrons. The summed E-state index contributed by atoms with van der Waals surface area (Å²) in [5.74, 6) is 0. The molecule has 0 aliphatic carbocycles. The molecule has 1 aromatic heterocycles. The Morgan fingerprint density at radius 3 is 1.38 bits per heavy atom. The maximum Gasteiger partial charge on any atom is 0.245 e. The minimum atomic E-state index is -0.698. The first kappa shape index (κ1) is 14.3. The van der Waals surface area contributed by atoms with Crippen LogP contribution in [-0.4, -0.2) is 20.2 Å². The van der Waals surface area contributed by atoms with Crippen molar-refractivity contribution in [2.24, 2.45) is 0 Å². The summed E-state index contributed by atoms with van der Waals surface area (Å²) in [6.07, 6.45) is 2.60. The van der Waals surface area contributed by atoms with Gasteiger partial charge in [-0.05, 0) is 21.9 Å². The van der Waals surface area contributed by atoms with E-state index in [-0.39, 0.29) is 0 Å². The van der Waals surface area contributed by atoms with Crippen LogP contribution in [0.25, 0.3) is 0 Å². The van der Waals surface area contributed by atoms with E-state index in [4.69, 9.17) is 0 Å². The van der Waals surface area contributed by atoms with Crippen LogP contribution in [0, 0.1) is 6.33 Å². The van der Waals surface area contributed by atoms with Gasteiger partial charge in [-0.15, -0.1) is 15.0 Å². The van der Waals surface area contributed by atoms with Crippen LogP contribution in [0.4, 0.5) is 0 Å². The second kappa shape index (κ2) is 6.08. The number of tetrazole rings is 1. The Morgan fingerprint density at radius 1 is 0.625 bits per heavy atom. The van der Waals surface area contributed by atoms with E-state index in [1.54, 1.807) is 4.80 Å². The molecule has 0 bridgehead atoms. The number of nitrogens with zero attached hydrogens (tertiary/aromatic N) is 4. The van der Waals surface area contributed by atoms with E-state index < -0.39 is 5.54 Å². The number of hydrogen-bond acceptors (Lipinski definition) is 3. The molecule has 3 aromatic carbocycles. The molecule has 0 saturated carbocycles. The summed E-state index contributed by atoms with van der Waals surface area (Å²) >= 11 is 0. The molecule has 0 fully saturated rings. The fourth-order valence-electron chi connectivity index (χ4n) is 3.17. The Hall–Kier alpha value is -3.27. The highest BCUT2D eigenvalue weighted by molar-refractivity contribution is 5.49. The normalized spacial score (nSPS) is 11.3. The molecule has 0 aliphatic heterocycles. The van der Waals surface area contributed by atoms with Gasteiger partial charge < -0.3 is 0 Å². The molecule has 4 nitrogen and oxygen atoms in total. The van der Waals surface area contributed by atoms with Crippen LogP contribution >= 0.6 is 0 Å². The van der Waals surface area contributed by atoms with Gasteiger partial charge in [0.2, 0.25) is 6.33 Å². The fourth-order valence-corrected chi connectivity index (χ4v) is 3.17. The van der Waals surface area contributed by atoms with E-state index in [1.807, 2.05) is 54.6 Å². The van der Waals surface area contributed by atoms with Crippen LogP contribution in [-0.2, 0) is 5.54 Å². The van der Waals surface area contributed by atoms with Crippen molar-refractivity contribution in [2.45, 2.75) is 5.54 Å². The molecule has 0 saturated heterocycles. The molecular formula is C20H15N4. The summed E-state index contributed by atoms with van der Waals surface area (Å²) in [4.78, 5) is 1.63. The first-order chi connectivity index (χ1) is 11.9. The lowest BCUT2D eigenvalue weighted by atomic mass is 9.77. The van der Waals surface area contributed by atoms with Crippen molar-refractivity contribution in [3.05, 3.63) is 114 Å². The van der Waals surface area contributed by atoms with Crippen LogP contribution in [0.3, 0.4) is 0 Å². The average molecular weight is 311 g/mol. The lowest BCUT2D eigenvalue weighted by Gasteiger charge is -2.34. The Morgan fingerprint density at radius 2 is 1.04 bits per heavy atom. The van der Waals surface area contributed by atoms with E-state index >= 15 is 0 Å². The molecular weight excluding hydrogens is 296 g/mol. The second-order valence-electron chi connectivity index (χ2n) is 5.49. The van der Waals surface area contributed by atoms with Crippen molar-refractivity contribution in [3.8, 4) is 0 Å². The zero-order valence-corrected chi connectivity index (χ0v) is 12.9. The number of aromatic nitrogens is 4. The Bertz CT molecular complexity index is 792. The highest BCUT2D eigenvalue weighted by Crippen LogP contribution is 2.39. The van der Waals surface area contributed by atoms with Crippen LogP contribution < -0.4 is 0 Å². The smallest absolute Gasteiger partial charge is 0.144 e. The first-order valence-electron chi connectivity index (χ1n) is 7.75. The van der Waals surface area contributed by atoms with Gasteiger partial charge in [-0.25, -0.2) is 0 Å². The topological polar surface area (TPSA) is 43.6 Å². The average Bonchev–Trinajstić information content (AvgIpc) is 3.20. The Labute approximate surface area is 140 Å². The molecule has 24 heavy (non-hydrogen) atoms. The molecule has 0 atom stereocenters. The number of rotatable bonds is 4. The van der Waals surface area contributed by atoms with E-state index in [2.05, 4.69) is 58.1 Å². The molecule has 0 amide bonds. The van der Waals surface area contributed by atoms with Gasteiger partial charge in [0, 0.05) is 0 Å². The molecule has 0 N–H and O–H groups in total. The molecule has 4 rings (SSSR count). The van der Waals surface area contributed by atoms with Gasteiger partial charge in [0.05, 0.1) is 0 Å². The standard InChI is InChI=1S/C20H15N4/c1-4-10-17(11-5-1)20(24-22-16-21-23-24,18-12-6-2-7-13-18)19-14-8-3-9-15-19/h1-15H. The summed E-state index contributed by atoms with van der Waals surface area (Å²) in [6, 6.07) is 30.7. The van der Waals surface area contributed by atoms with E-state index in [0.29, 0.717) is 0 Å². The monoisotopic (exact) mass is 311 g/mol. The summed E-state index contributed by atoms with van der Waals surface area (Å²) < 4.78 is 0. The maximum atomic E-state index is 4.29. The highest BCUT2D eigenvalue weighted by Gasteiger charge is 2.40. The van der Waals surface area contributed by atoms with Crippen molar-refractivity contribution in [1.29, 1.82) is 0 Å². The second-order valence-corrected chi connectivity index (χ2v) is 5.49. The van der Waals surface area contributed by atoms with E-state index in [1.165, 1.54) is 0 Å². The quantitative estimate of drug-likeness (QED) is 0.543. The SMILES string of the molecule is [c]1nnn(C(c2ccccc2)(c2ccccc2)c2ccccc2)n1. The van der Waals surface area contributed by atoms with Crippen molar-refractivity contribution >= 4 is 0 Å². The summed E-state index contributed by atoms with van der Waals surface area (Å²) in [7, 11) is 0. The van der Waals surface area contributed by atoms with Crippen LogP contribution in [0.2, 0.25) is 0 Å². The fraction of sp³-hybridized carbons (Fsp3) is 0.0500. The zero-order chi connectivity index (χ0) is 16.2.